The lowest BCUT2D eigenvalue weighted by Gasteiger charge is -2.17. The first-order valence-corrected chi connectivity index (χ1v) is 8.38. The zero-order valence-corrected chi connectivity index (χ0v) is 14.3. The Kier molecular flexibility index (Phi) is 4.60. The number of amides is 1. The van der Waals surface area contributed by atoms with Crippen molar-refractivity contribution >= 4 is 22.5 Å². The lowest BCUT2D eigenvalue weighted by Crippen LogP contribution is -2.33. The molecular formula is C14H21N5O2S. The van der Waals surface area contributed by atoms with E-state index in [0.717, 1.165) is 11.4 Å². The van der Waals surface area contributed by atoms with Gasteiger partial charge >= 0.3 is 0 Å². The lowest BCUT2D eigenvalue weighted by atomic mass is 10.3. The normalized spacial score (nSPS) is 13.3. The summed E-state index contributed by atoms with van der Waals surface area (Å²) in [7, 11) is -1.00. The largest absolute Gasteiger partial charge is 0.348 e. The summed E-state index contributed by atoms with van der Waals surface area (Å²) in [4.78, 5) is 20.4. The number of fused-ring (bicyclic) bond motifs is 1. The molecule has 8 heteroatoms. The molecule has 2 aromatic rings. The second-order valence-corrected chi connectivity index (χ2v) is 8.43. The molecule has 2 heterocycles. The average molecular weight is 323 g/mol. The lowest BCUT2D eigenvalue weighted by molar-refractivity contribution is 0.0946. The van der Waals surface area contributed by atoms with Crippen LogP contribution in [-0.4, -0.2) is 46.7 Å². The quantitative estimate of drug-likeness (QED) is 0.907. The van der Waals surface area contributed by atoms with Gasteiger partial charge in [-0.3, -0.25) is 9.00 Å². The van der Waals surface area contributed by atoms with Crippen LogP contribution in [0.4, 0.5) is 0 Å². The van der Waals surface area contributed by atoms with Gasteiger partial charge < -0.3 is 5.32 Å². The molecule has 22 heavy (non-hydrogen) atoms. The molecule has 0 aliphatic heterocycles. The van der Waals surface area contributed by atoms with E-state index < -0.39 is 10.8 Å². The third-order valence-corrected chi connectivity index (χ3v) is 5.02. The number of nitrogens with one attached hydrogen (secondary N) is 1. The number of aromatic nitrogens is 4. The maximum Gasteiger partial charge on any atom is 0.291 e. The number of aryl methyl sites for hydroxylation is 2. The second-order valence-electron chi connectivity index (χ2n) is 6.10. The Hall–Kier alpha value is -1.83. The van der Waals surface area contributed by atoms with Crippen LogP contribution in [0.15, 0.2) is 6.07 Å². The molecule has 0 saturated heterocycles. The second kappa shape index (κ2) is 6.12. The Labute approximate surface area is 132 Å². The van der Waals surface area contributed by atoms with Crippen LogP contribution >= 0.6 is 0 Å². The zero-order valence-electron chi connectivity index (χ0n) is 13.5. The molecule has 1 N–H and O–H groups in total. The van der Waals surface area contributed by atoms with Gasteiger partial charge in [-0.25, -0.2) is 9.50 Å². The SMILES string of the molecule is Cc1cc(C)n2nc(C(=O)NCCS(=O)C(C)(C)C)nc2n1. The molecule has 1 atom stereocenters. The molecule has 0 saturated carbocycles. The van der Waals surface area contributed by atoms with E-state index in [4.69, 9.17) is 0 Å². The highest BCUT2D eigenvalue weighted by Crippen LogP contribution is 2.10. The van der Waals surface area contributed by atoms with Crippen molar-refractivity contribution in [3.63, 3.8) is 0 Å². The standard InChI is InChI=1S/C14H21N5O2S/c1-9-8-10(2)19-13(16-9)17-11(18-19)12(20)15-6-7-22(21)14(3,4)5/h8H,6-7H2,1-5H3,(H,15,20). The van der Waals surface area contributed by atoms with Crippen molar-refractivity contribution in [2.45, 2.75) is 39.4 Å². The van der Waals surface area contributed by atoms with E-state index in [0.29, 0.717) is 18.1 Å². The zero-order chi connectivity index (χ0) is 16.5. The maximum atomic E-state index is 12.1. The first-order chi connectivity index (χ1) is 10.2. The number of nitrogens with zero attached hydrogens (tertiary/aromatic N) is 4. The third kappa shape index (κ3) is 3.68. The molecule has 0 aliphatic carbocycles. The summed E-state index contributed by atoms with van der Waals surface area (Å²) < 4.78 is 13.2. The van der Waals surface area contributed by atoms with Gasteiger partial charge in [-0.2, -0.15) is 4.98 Å². The minimum absolute atomic E-state index is 0.0720. The van der Waals surface area contributed by atoms with E-state index in [2.05, 4.69) is 20.4 Å². The molecule has 2 rings (SSSR count). The molecule has 7 nitrogen and oxygen atoms in total. The first kappa shape index (κ1) is 16.5. The van der Waals surface area contributed by atoms with Gasteiger partial charge in [0.25, 0.3) is 11.7 Å². The van der Waals surface area contributed by atoms with E-state index in [-0.39, 0.29) is 16.5 Å². The fourth-order valence-corrected chi connectivity index (χ4v) is 2.80. The van der Waals surface area contributed by atoms with Crippen molar-refractivity contribution in [3.05, 3.63) is 23.3 Å². The highest BCUT2D eigenvalue weighted by molar-refractivity contribution is 7.86. The van der Waals surface area contributed by atoms with Crippen LogP contribution in [0, 0.1) is 13.8 Å². The minimum atomic E-state index is -1.00. The predicted molar refractivity (Wildman–Crippen MR) is 85.4 cm³/mol. The van der Waals surface area contributed by atoms with Gasteiger partial charge in [0, 0.05) is 39.2 Å². The van der Waals surface area contributed by atoms with E-state index in [1.54, 1.807) is 0 Å². The van der Waals surface area contributed by atoms with Crippen LogP contribution in [-0.2, 0) is 10.8 Å². The Balaban J connectivity index is 2.05. The maximum absolute atomic E-state index is 12.1. The summed E-state index contributed by atoms with van der Waals surface area (Å²) in [5, 5.41) is 6.85. The molecule has 2 aromatic heterocycles. The first-order valence-electron chi connectivity index (χ1n) is 7.06. The van der Waals surface area contributed by atoms with Crippen molar-refractivity contribution in [1.82, 2.24) is 24.9 Å². The Morgan fingerprint density at radius 2 is 2.00 bits per heavy atom. The van der Waals surface area contributed by atoms with Crippen molar-refractivity contribution in [3.8, 4) is 0 Å². The molecule has 120 valence electrons. The van der Waals surface area contributed by atoms with Gasteiger partial charge in [-0.15, -0.1) is 5.10 Å². The van der Waals surface area contributed by atoms with Crippen LogP contribution in [0.2, 0.25) is 0 Å². The fraction of sp³-hybridized carbons (Fsp3) is 0.571. The Morgan fingerprint density at radius 3 is 2.64 bits per heavy atom. The van der Waals surface area contributed by atoms with Gasteiger partial charge in [0.05, 0.1) is 0 Å². The number of hydrogen-bond acceptors (Lipinski definition) is 5. The van der Waals surface area contributed by atoms with E-state index in [1.807, 2.05) is 40.7 Å². The van der Waals surface area contributed by atoms with E-state index in [1.165, 1.54) is 4.52 Å². The van der Waals surface area contributed by atoms with Gasteiger partial charge in [-0.1, -0.05) is 0 Å². The Bertz CT molecular complexity index is 733. The molecule has 0 fully saturated rings. The summed E-state index contributed by atoms with van der Waals surface area (Å²) in [6.07, 6.45) is 0. The predicted octanol–water partition coefficient (Wildman–Crippen LogP) is 1.02. The van der Waals surface area contributed by atoms with Gasteiger partial charge in [0.15, 0.2) is 0 Å². The molecule has 0 aromatic carbocycles. The van der Waals surface area contributed by atoms with Crippen LogP contribution in [0.5, 0.6) is 0 Å². The van der Waals surface area contributed by atoms with Gasteiger partial charge in [0.1, 0.15) is 0 Å². The highest BCUT2D eigenvalue weighted by atomic mass is 32.2. The van der Waals surface area contributed by atoms with Crippen molar-refractivity contribution in [1.29, 1.82) is 0 Å². The average Bonchev–Trinajstić information content (AvgIpc) is 2.81. The number of rotatable bonds is 4. The number of carbonyl (C=O) groups excluding carboxylic acids is 1. The summed E-state index contributed by atoms with van der Waals surface area (Å²) in [6, 6.07) is 1.87. The molecule has 1 unspecified atom stereocenters. The summed E-state index contributed by atoms with van der Waals surface area (Å²) in [5.74, 6) is 0.496. The third-order valence-electron chi connectivity index (χ3n) is 3.08. The fourth-order valence-electron chi connectivity index (χ4n) is 1.90. The van der Waals surface area contributed by atoms with Gasteiger partial charge in [-0.05, 0) is 40.7 Å². The van der Waals surface area contributed by atoms with Crippen LogP contribution < -0.4 is 5.32 Å². The molecule has 0 radical (unpaired) electrons. The van der Waals surface area contributed by atoms with Crippen molar-refractivity contribution < 1.29 is 9.00 Å². The van der Waals surface area contributed by atoms with Gasteiger partial charge in [0.2, 0.25) is 5.82 Å². The van der Waals surface area contributed by atoms with E-state index >= 15 is 0 Å². The Morgan fingerprint density at radius 1 is 1.32 bits per heavy atom. The summed E-state index contributed by atoms with van der Waals surface area (Å²) in [5.41, 5.74) is 1.69. The summed E-state index contributed by atoms with van der Waals surface area (Å²) >= 11 is 0. The van der Waals surface area contributed by atoms with Crippen LogP contribution in [0.3, 0.4) is 0 Å². The number of carbonyl (C=O) groups is 1. The van der Waals surface area contributed by atoms with Crippen molar-refractivity contribution in [2.24, 2.45) is 0 Å². The monoisotopic (exact) mass is 323 g/mol. The molecule has 0 spiro atoms. The highest BCUT2D eigenvalue weighted by Gasteiger charge is 2.20. The number of hydrogen-bond donors (Lipinski definition) is 1. The van der Waals surface area contributed by atoms with Crippen molar-refractivity contribution in [2.75, 3.05) is 12.3 Å². The minimum Gasteiger partial charge on any atom is -0.348 e. The molecule has 0 aliphatic rings. The topological polar surface area (TPSA) is 89.3 Å². The van der Waals surface area contributed by atoms with E-state index in [9.17, 15) is 9.00 Å². The molecular weight excluding hydrogens is 302 g/mol. The van der Waals surface area contributed by atoms with Crippen LogP contribution in [0.25, 0.3) is 5.78 Å². The molecule has 0 bridgehead atoms. The molecule has 1 amide bonds. The van der Waals surface area contributed by atoms with Crippen LogP contribution in [0.1, 0.15) is 42.8 Å². The summed E-state index contributed by atoms with van der Waals surface area (Å²) in [6.45, 7) is 9.79. The smallest absolute Gasteiger partial charge is 0.291 e.